The van der Waals surface area contributed by atoms with Crippen molar-refractivity contribution in [2.24, 2.45) is 0 Å². The van der Waals surface area contributed by atoms with E-state index in [2.05, 4.69) is 10.1 Å². The summed E-state index contributed by atoms with van der Waals surface area (Å²) < 4.78 is 42.1. The molecule has 0 saturated carbocycles. The molecule has 1 aromatic carbocycles. The van der Waals surface area contributed by atoms with Gasteiger partial charge in [-0.2, -0.15) is 18.3 Å². The topological polar surface area (TPSA) is 50.5 Å². The number of halogens is 5. The second-order valence-electron chi connectivity index (χ2n) is 7.51. The Morgan fingerprint density at radius 1 is 1.16 bits per heavy atom. The van der Waals surface area contributed by atoms with Gasteiger partial charge < -0.3 is 4.90 Å². The van der Waals surface area contributed by atoms with Crippen molar-refractivity contribution in [3.63, 3.8) is 0 Å². The van der Waals surface area contributed by atoms with E-state index in [1.54, 1.807) is 4.90 Å². The average molecular weight is 471 g/mol. The molecule has 1 saturated heterocycles. The predicted molar refractivity (Wildman–Crippen MR) is 112 cm³/mol. The molecular weight excluding hydrogens is 452 g/mol. The molecule has 5 nitrogen and oxygen atoms in total. The van der Waals surface area contributed by atoms with Crippen molar-refractivity contribution >= 4 is 34.8 Å². The highest BCUT2D eigenvalue weighted by Crippen LogP contribution is 2.34. The third-order valence-electron chi connectivity index (χ3n) is 5.51. The van der Waals surface area contributed by atoms with Crippen LogP contribution in [0.4, 0.5) is 13.2 Å². The smallest absolute Gasteiger partial charge is 0.334 e. The van der Waals surface area contributed by atoms with Crippen LogP contribution in [0, 0.1) is 0 Å². The zero-order valence-corrected chi connectivity index (χ0v) is 18.1. The second-order valence-corrected chi connectivity index (χ2v) is 8.32. The molecule has 164 valence electrons. The molecule has 31 heavy (non-hydrogen) atoms. The predicted octanol–water partition coefficient (Wildman–Crippen LogP) is 6.13. The number of hydrogen-bond acceptors (Lipinski definition) is 3. The van der Waals surface area contributed by atoms with E-state index in [4.69, 9.17) is 23.2 Å². The number of nitrogens with zero attached hydrogens (tertiary/aromatic N) is 4. The first kappa shape index (κ1) is 21.9. The highest BCUT2D eigenvalue weighted by molar-refractivity contribution is 6.42. The summed E-state index contributed by atoms with van der Waals surface area (Å²) in [5.41, 5.74) is -0.711. The molecule has 0 N–H and O–H groups in total. The van der Waals surface area contributed by atoms with Crippen molar-refractivity contribution in [1.29, 1.82) is 0 Å². The van der Waals surface area contributed by atoms with E-state index in [0.29, 0.717) is 16.6 Å². The summed E-state index contributed by atoms with van der Waals surface area (Å²) in [6, 6.07) is 6.74. The van der Waals surface area contributed by atoms with E-state index < -0.39 is 11.9 Å². The summed E-state index contributed by atoms with van der Waals surface area (Å²) in [7, 11) is 0. The van der Waals surface area contributed by atoms with Gasteiger partial charge in [0.1, 0.15) is 0 Å². The third-order valence-corrected chi connectivity index (χ3v) is 6.25. The van der Waals surface area contributed by atoms with Crippen LogP contribution in [0.1, 0.15) is 48.8 Å². The molecule has 1 fully saturated rings. The van der Waals surface area contributed by atoms with Gasteiger partial charge in [-0.05, 0) is 43.9 Å². The molecule has 0 bridgehead atoms. The van der Waals surface area contributed by atoms with Gasteiger partial charge in [0.2, 0.25) is 0 Å². The van der Waals surface area contributed by atoms with Crippen molar-refractivity contribution in [2.45, 2.75) is 44.8 Å². The molecule has 0 radical (unpaired) electrons. The van der Waals surface area contributed by atoms with Crippen LogP contribution in [0.15, 0.2) is 30.3 Å². The molecule has 3 heterocycles. The summed E-state index contributed by atoms with van der Waals surface area (Å²) in [4.78, 5) is 19.1. The SMILES string of the molecule is CC[C@H]1CCCCN1C(=O)c1cc2nc(-c3ccc(Cl)c(Cl)c3)cc(C(F)(F)F)n2n1. The van der Waals surface area contributed by atoms with Gasteiger partial charge in [-0.1, -0.05) is 36.2 Å². The number of rotatable bonds is 3. The molecule has 1 amide bonds. The van der Waals surface area contributed by atoms with E-state index in [1.807, 2.05) is 6.92 Å². The fourth-order valence-corrected chi connectivity index (χ4v) is 4.22. The van der Waals surface area contributed by atoms with E-state index >= 15 is 0 Å². The largest absolute Gasteiger partial charge is 0.433 e. The van der Waals surface area contributed by atoms with Crippen molar-refractivity contribution in [3.8, 4) is 11.3 Å². The van der Waals surface area contributed by atoms with E-state index in [0.717, 1.165) is 31.7 Å². The monoisotopic (exact) mass is 470 g/mol. The molecule has 4 rings (SSSR count). The Morgan fingerprint density at radius 2 is 1.94 bits per heavy atom. The van der Waals surface area contributed by atoms with Gasteiger partial charge in [-0.15, -0.1) is 0 Å². The second kappa shape index (κ2) is 8.31. The van der Waals surface area contributed by atoms with Crippen molar-refractivity contribution in [3.05, 3.63) is 51.8 Å². The number of fused-ring (bicyclic) bond motifs is 1. The first-order chi connectivity index (χ1) is 14.7. The standard InChI is InChI=1S/C21H19Cl2F3N4O/c1-2-13-5-3-4-8-29(13)20(31)17-11-19-27-16(12-6-7-14(22)15(23)9-12)10-18(21(24,25)26)30(19)28-17/h6-7,9-11,13H,2-5,8H2,1H3/t13-/m0/s1. The van der Waals surface area contributed by atoms with Gasteiger partial charge >= 0.3 is 6.18 Å². The maximum absolute atomic E-state index is 13.8. The Kier molecular flexibility index (Phi) is 5.87. The molecule has 1 atom stereocenters. The number of carbonyl (C=O) groups is 1. The molecule has 3 aromatic rings. The first-order valence-corrected chi connectivity index (χ1v) is 10.7. The molecule has 10 heteroatoms. The lowest BCUT2D eigenvalue weighted by molar-refractivity contribution is -0.142. The summed E-state index contributed by atoms with van der Waals surface area (Å²) >= 11 is 11.9. The van der Waals surface area contributed by atoms with Gasteiger partial charge in [0.15, 0.2) is 17.0 Å². The molecule has 0 spiro atoms. The van der Waals surface area contributed by atoms with Gasteiger partial charge in [0.05, 0.1) is 15.7 Å². The van der Waals surface area contributed by atoms with Crippen LogP contribution in [-0.2, 0) is 6.18 Å². The molecule has 2 aromatic heterocycles. The molecular formula is C21H19Cl2F3N4O. The Balaban J connectivity index is 1.82. The number of amides is 1. The van der Waals surface area contributed by atoms with Gasteiger partial charge in [-0.25, -0.2) is 9.50 Å². The van der Waals surface area contributed by atoms with Gasteiger partial charge in [0, 0.05) is 24.2 Å². The van der Waals surface area contributed by atoms with Crippen LogP contribution >= 0.6 is 23.2 Å². The number of alkyl halides is 3. The van der Waals surface area contributed by atoms with Crippen LogP contribution in [0.5, 0.6) is 0 Å². The molecule has 0 unspecified atom stereocenters. The third kappa shape index (κ3) is 4.23. The quantitative estimate of drug-likeness (QED) is 0.462. The minimum atomic E-state index is -4.70. The average Bonchev–Trinajstić information content (AvgIpc) is 3.17. The normalized spacial score (nSPS) is 17.4. The summed E-state index contributed by atoms with van der Waals surface area (Å²) in [5, 5.41) is 4.47. The fourth-order valence-electron chi connectivity index (χ4n) is 3.92. The molecule has 0 aliphatic carbocycles. The van der Waals surface area contributed by atoms with Crippen LogP contribution < -0.4 is 0 Å². The lowest BCUT2D eigenvalue weighted by Crippen LogP contribution is -2.43. The Bertz CT molecular complexity index is 1150. The van der Waals surface area contributed by atoms with Gasteiger partial charge in [0.25, 0.3) is 5.91 Å². The Labute approximate surface area is 186 Å². The maximum Gasteiger partial charge on any atom is 0.433 e. The van der Waals surface area contributed by atoms with Crippen LogP contribution in [0.2, 0.25) is 10.0 Å². The van der Waals surface area contributed by atoms with Crippen molar-refractivity contribution in [1.82, 2.24) is 19.5 Å². The highest BCUT2D eigenvalue weighted by Gasteiger charge is 2.36. The Morgan fingerprint density at radius 3 is 2.61 bits per heavy atom. The van der Waals surface area contributed by atoms with Crippen LogP contribution in [0.25, 0.3) is 16.9 Å². The van der Waals surface area contributed by atoms with Crippen LogP contribution in [0.3, 0.4) is 0 Å². The first-order valence-electron chi connectivity index (χ1n) is 9.93. The van der Waals surface area contributed by atoms with Crippen molar-refractivity contribution < 1.29 is 18.0 Å². The Hall–Kier alpha value is -2.32. The maximum atomic E-state index is 13.8. The summed E-state index contributed by atoms with van der Waals surface area (Å²) in [5.74, 6) is -0.374. The number of benzene rings is 1. The van der Waals surface area contributed by atoms with E-state index in [1.165, 1.54) is 24.3 Å². The zero-order chi connectivity index (χ0) is 22.3. The lowest BCUT2D eigenvalue weighted by atomic mass is 9.99. The van der Waals surface area contributed by atoms with E-state index in [9.17, 15) is 18.0 Å². The summed E-state index contributed by atoms with van der Waals surface area (Å²) in [6.07, 6.45) is -1.14. The number of hydrogen-bond donors (Lipinski definition) is 0. The number of likely N-dealkylation sites (tertiary alicyclic amines) is 1. The molecule has 1 aliphatic heterocycles. The van der Waals surface area contributed by atoms with Crippen LogP contribution in [-0.4, -0.2) is 38.0 Å². The number of aromatic nitrogens is 3. The lowest BCUT2D eigenvalue weighted by Gasteiger charge is -2.34. The fraction of sp³-hybridized carbons (Fsp3) is 0.381. The minimum absolute atomic E-state index is 0.0513. The highest BCUT2D eigenvalue weighted by atomic mass is 35.5. The molecule has 1 aliphatic rings. The number of carbonyl (C=O) groups excluding carboxylic acids is 1. The number of piperidine rings is 1. The summed E-state index contributed by atoms with van der Waals surface area (Å²) in [6.45, 7) is 2.56. The van der Waals surface area contributed by atoms with E-state index in [-0.39, 0.29) is 39.0 Å². The van der Waals surface area contributed by atoms with Crippen molar-refractivity contribution in [2.75, 3.05) is 6.54 Å². The zero-order valence-electron chi connectivity index (χ0n) is 16.6. The van der Waals surface area contributed by atoms with Gasteiger partial charge in [-0.3, -0.25) is 4.79 Å². The minimum Gasteiger partial charge on any atom is -0.334 e.